The largest absolute Gasteiger partial charge is 0.384 e. The highest BCUT2D eigenvalue weighted by atomic mass is 32.2. The number of piperazine rings is 1. The summed E-state index contributed by atoms with van der Waals surface area (Å²) in [4.78, 5) is 15.1. The van der Waals surface area contributed by atoms with Gasteiger partial charge in [0.25, 0.3) is 0 Å². The van der Waals surface area contributed by atoms with E-state index < -0.39 is 10.0 Å². The van der Waals surface area contributed by atoms with Crippen LogP contribution in [0.1, 0.15) is 19.5 Å². The number of nitrogen functional groups attached to an aromatic ring is 2. The molecule has 27 heavy (non-hydrogen) atoms. The summed E-state index contributed by atoms with van der Waals surface area (Å²) in [6.07, 6.45) is 2.38. The van der Waals surface area contributed by atoms with Crippen molar-refractivity contribution in [3.05, 3.63) is 24.0 Å². The first-order valence-corrected chi connectivity index (χ1v) is 10.6. The van der Waals surface area contributed by atoms with E-state index in [0.717, 1.165) is 16.8 Å². The van der Waals surface area contributed by atoms with E-state index in [1.165, 1.54) is 4.31 Å². The Morgan fingerprint density at radius 1 is 1.07 bits per heavy atom. The first kappa shape index (κ1) is 19.3. The molecule has 0 aromatic carbocycles. The highest BCUT2D eigenvalue weighted by molar-refractivity contribution is 7.89. The van der Waals surface area contributed by atoms with Gasteiger partial charge in [-0.2, -0.15) is 9.29 Å². The zero-order valence-electron chi connectivity index (χ0n) is 15.6. The molecule has 0 bridgehead atoms. The van der Waals surface area contributed by atoms with Gasteiger partial charge in [-0.1, -0.05) is 6.92 Å². The van der Waals surface area contributed by atoms with Gasteiger partial charge in [0.2, 0.25) is 16.0 Å². The van der Waals surface area contributed by atoms with E-state index in [9.17, 15) is 8.42 Å². The monoisotopic (exact) mass is 391 g/mol. The molecule has 0 atom stereocenters. The van der Waals surface area contributed by atoms with Crippen molar-refractivity contribution in [2.24, 2.45) is 0 Å². The minimum Gasteiger partial charge on any atom is -0.384 e. The second-order valence-electron chi connectivity index (χ2n) is 6.34. The lowest BCUT2D eigenvalue weighted by atomic mass is 10.0. The molecule has 3 rings (SSSR count). The van der Waals surface area contributed by atoms with Gasteiger partial charge in [-0.15, -0.1) is 0 Å². The number of pyridine rings is 1. The topological polar surface area (TPSA) is 131 Å². The van der Waals surface area contributed by atoms with Crippen LogP contribution in [0, 0.1) is 0 Å². The molecule has 0 spiro atoms. The summed E-state index contributed by atoms with van der Waals surface area (Å²) in [6, 6.07) is 3.62. The SMILES string of the molecule is CCc1nc(N)nc(N2CCN(S(=O)(=O)CC)CC2)c1-c1ccc(N)nc1. The standard InChI is InChI=1S/C17H25N7O2S/c1-3-13-15(12-5-6-14(18)20-11-12)16(22-17(19)21-13)23-7-9-24(10-8-23)27(25,26)4-2/h5-6,11H,3-4,7-10H2,1-2H3,(H2,18,20)(H2,19,21,22). The zero-order chi connectivity index (χ0) is 19.6. The predicted octanol–water partition coefficient (Wildman–Crippen LogP) is 0.737. The Kier molecular flexibility index (Phi) is 5.47. The molecule has 0 saturated carbocycles. The minimum absolute atomic E-state index is 0.107. The normalized spacial score (nSPS) is 15.9. The van der Waals surface area contributed by atoms with E-state index in [0.29, 0.717) is 44.2 Å². The van der Waals surface area contributed by atoms with Crippen molar-refractivity contribution in [3.8, 4) is 11.1 Å². The van der Waals surface area contributed by atoms with Crippen LogP contribution < -0.4 is 16.4 Å². The molecule has 0 radical (unpaired) electrons. The third-order valence-corrected chi connectivity index (χ3v) is 6.57. The molecule has 0 aliphatic carbocycles. The Morgan fingerprint density at radius 3 is 2.33 bits per heavy atom. The Labute approximate surface area is 159 Å². The highest BCUT2D eigenvalue weighted by Gasteiger charge is 2.28. The Morgan fingerprint density at radius 2 is 1.78 bits per heavy atom. The maximum Gasteiger partial charge on any atom is 0.222 e. The average Bonchev–Trinajstić information content (AvgIpc) is 2.68. The van der Waals surface area contributed by atoms with Gasteiger partial charge in [0.1, 0.15) is 11.6 Å². The van der Waals surface area contributed by atoms with E-state index in [2.05, 4.69) is 19.9 Å². The molecule has 1 aliphatic rings. The summed E-state index contributed by atoms with van der Waals surface area (Å²) in [5.74, 6) is 1.46. The molecule has 0 amide bonds. The molecule has 10 heteroatoms. The van der Waals surface area contributed by atoms with Crippen molar-refractivity contribution in [3.63, 3.8) is 0 Å². The number of rotatable bonds is 5. The fraction of sp³-hybridized carbons (Fsp3) is 0.471. The van der Waals surface area contributed by atoms with Gasteiger partial charge in [-0.3, -0.25) is 0 Å². The molecule has 146 valence electrons. The molecule has 2 aromatic heterocycles. The second-order valence-corrected chi connectivity index (χ2v) is 8.60. The third-order valence-electron chi connectivity index (χ3n) is 4.69. The summed E-state index contributed by atoms with van der Waals surface area (Å²) in [6.45, 7) is 5.57. The van der Waals surface area contributed by atoms with E-state index >= 15 is 0 Å². The van der Waals surface area contributed by atoms with Crippen molar-refractivity contribution >= 4 is 27.6 Å². The van der Waals surface area contributed by atoms with Crippen molar-refractivity contribution < 1.29 is 8.42 Å². The summed E-state index contributed by atoms with van der Waals surface area (Å²) >= 11 is 0. The number of hydrogen-bond acceptors (Lipinski definition) is 8. The van der Waals surface area contributed by atoms with Crippen molar-refractivity contribution in [2.45, 2.75) is 20.3 Å². The van der Waals surface area contributed by atoms with E-state index in [4.69, 9.17) is 11.5 Å². The number of sulfonamides is 1. The van der Waals surface area contributed by atoms with Crippen LogP contribution in [0.3, 0.4) is 0 Å². The lowest BCUT2D eigenvalue weighted by molar-refractivity contribution is 0.384. The van der Waals surface area contributed by atoms with Crippen molar-refractivity contribution in [2.75, 3.05) is 48.3 Å². The van der Waals surface area contributed by atoms with E-state index in [1.807, 2.05) is 13.0 Å². The molecule has 9 nitrogen and oxygen atoms in total. The van der Waals surface area contributed by atoms with Crippen LogP contribution in [0.15, 0.2) is 18.3 Å². The lowest BCUT2D eigenvalue weighted by Crippen LogP contribution is -2.49. The predicted molar refractivity (Wildman–Crippen MR) is 107 cm³/mol. The Hall–Kier alpha value is -2.46. The number of aromatic nitrogens is 3. The fourth-order valence-corrected chi connectivity index (χ4v) is 4.29. The molecular formula is C17H25N7O2S. The molecule has 1 fully saturated rings. The molecule has 0 unspecified atom stereocenters. The maximum absolute atomic E-state index is 12.1. The van der Waals surface area contributed by atoms with Crippen LogP contribution >= 0.6 is 0 Å². The molecule has 4 N–H and O–H groups in total. The van der Waals surface area contributed by atoms with Gasteiger partial charge in [0.15, 0.2) is 0 Å². The van der Waals surface area contributed by atoms with E-state index in [-0.39, 0.29) is 11.7 Å². The van der Waals surface area contributed by atoms with Gasteiger partial charge >= 0.3 is 0 Å². The van der Waals surface area contributed by atoms with Crippen LogP contribution in [0.4, 0.5) is 17.6 Å². The summed E-state index contributed by atoms with van der Waals surface area (Å²) < 4.78 is 25.8. The second kappa shape index (κ2) is 7.65. The molecule has 3 heterocycles. The maximum atomic E-state index is 12.1. The summed E-state index contributed by atoms with van der Waals surface area (Å²) in [5.41, 5.74) is 14.2. The summed E-state index contributed by atoms with van der Waals surface area (Å²) in [7, 11) is -3.19. The smallest absolute Gasteiger partial charge is 0.222 e. The van der Waals surface area contributed by atoms with Gasteiger partial charge in [-0.05, 0) is 25.5 Å². The highest BCUT2D eigenvalue weighted by Crippen LogP contribution is 2.33. The molecular weight excluding hydrogens is 366 g/mol. The van der Waals surface area contributed by atoms with Gasteiger partial charge in [-0.25, -0.2) is 18.4 Å². The number of nitrogens with two attached hydrogens (primary N) is 2. The number of nitrogens with zero attached hydrogens (tertiary/aromatic N) is 5. The average molecular weight is 392 g/mol. The Balaban J connectivity index is 1.98. The minimum atomic E-state index is -3.19. The number of hydrogen-bond donors (Lipinski definition) is 2. The van der Waals surface area contributed by atoms with Gasteiger partial charge in [0.05, 0.1) is 11.4 Å². The molecule has 1 aliphatic heterocycles. The van der Waals surface area contributed by atoms with Crippen molar-refractivity contribution in [1.29, 1.82) is 0 Å². The van der Waals surface area contributed by atoms with Crippen molar-refractivity contribution in [1.82, 2.24) is 19.3 Å². The Bertz CT molecular complexity index is 908. The first-order chi connectivity index (χ1) is 12.9. The van der Waals surface area contributed by atoms with Crippen LogP contribution in [-0.4, -0.2) is 59.6 Å². The zero-order valence-corrected chi connectivity index (χ0v) is 16.4. The van der Waals surface area contributed by atoms with Crippen LogP contribution in [-0.2, 0) is 16.4 Å². The molecule has 1 saturated heterocycles. The van der Waals surface area contributed by atoms with Crippen LogP contribution in [0.2, 0.25) is 0 Å². The number of anilines is 3. The van der Waals surface area contributed by atoms with Crippen LogP contribution in [0.25, 0.3) is 11.1 Å². The third kappa shape index (κ3) is 3.96. The number of aryl methyl sites for hydroxylation is 1. The van der Waals surface area contributed by atoms with Crippen LogP contribution in [0.5, 0.6) is 0 Å². The van der Waals surface area contributed by atoms with E-state index in [1.54, 1.807) is 19.2 Å². The summed E-state index contributed by atoms with van der Waals surface area (Å²) in [5, 5.41) is 0. The van der Waals surface area contributed by atoms with Gasteiger partial charge < -0.3 is 16.4 Å². The van der Waals surface area contributed by atoms with Gasteiger partial charge in [0, 0.05) is 43.5 Å². The quantitative estimate of drug-likeness (QED) is 0.763. The fourth-order valence-electron chi connectivity index (χ4n) is 3.21. The first-order valence-electron chi connectivity index (χ1n) is 8.96. The molecule has 2 aromatic rings. The lowest BCUT2D eigenvalue weighted by Gasteiger charge is -2.35.